The summed E-state index contributed by atoms with van der Waals surface area (Å²) in [7, 11) is 2.12. The molecule has 2 fully saturated rings. The zero-order valence-corrected chi connectivity index (χ0v) is 12.5. The molecule has 1 aromatic carbocycles. The maximum Gasteiger partial charge on any atom is 0.0348 e. The lowest BCUT2D eigenvalue weighted by Crippen LogP contribution is -2.28. The normalized spacial score (nSPS) is 32.9. The van der Waals surface area contributed by atoms with Crippen molar-refractivity contribution in [1.29, 1.82) is 0 Å². The average molecular weight is 341 g/mol. The van der Waals surface area contributed by atoms with Gasteiger partial charge in [0.1, 0.15) is 0 Å². The Morgan fingerprint density at radius 1 is 1.18 bits per heavy atom. The standard InChI is InChI=1S/C15H20IN/c1-17-15(11-4-6-13(16)7-5-11)14-9-10-2-3-12(14)8-10/h4-7,10,12,14-15,17H,2-3,8-9H2,1H3. The highest BCUT2D eigenvalue weighted by atomic mass is 127. The summed E-state index contributed by atoms with van der Waals surface area (Å²) in [5, 5.41) is 3.56. The highest BCUT2D eigenvalue weighted by Crippen LogP contribution is 2.52. The van der Waals surface area contributed by atoms with Crippen LogP contribution in [0.25, 0.3) is 0 Å². The summed E-state index contributed by atoms with van der Waals surface area (Å²) in [6.07, 6.45) is 5.90. The van der Waals surface area contributed by atoms with Crippen molar-refractivity contribution in [3.63, 3.8) is 0 Å². The van der Waals surface area contributed by atoms with Crippen LogP contribution in [0.1, 0.15) is 37.3 Å². The Morgan fingerprint density at radius 3 is 2.47 bits per heavy atom. The van der Waals surface area contributed by atoms with Crippen LogP contribution in [0.5, 0.6) is 0 Å². The quantitative estimate of drug-likeness (QED) is 0.820. The maximum absolute atomic E-state index is 3.56. The molecule has 3 rings (SSSR count). The first-order valence-corrected chi connectivity index (χ1v) is 7.78. The van der Waals surface area contributed by atoms with Crippen molar-refractivity contribution >= 4 is 22.6 Å². The molecule has 2 saturated carbocycles. The molecule has 0 amide bonds. The molecular formula is C15H20IN. The van der Waals surface area contributed by atoms with Crippen LogP contribution >= 0.6 is 22.6 Å². The molecular weight excluding hydrogens is 321 g/mol. The molecule has 1 nitrogen and oxygen atoms in total. The fourth-order valence-electron chi connectivity index (χ4n) is 4.00. The molecule has 0 aromatic heterocycles. The lowest BCUT2D eigenvalue weighted by molar-refractivity contribution is 0.259. The van der Waals surface area contributed by atoms with Gasteiger partial charge < -0.3 is 5.32 Å². The molecule has 0 spiro atoms. The molecule has 2 aliphatic carbocycles. The molecule has 4 atom stereocenters. The number of fused-ring (bicyclic) bond motifs is 2. The number of hydrogen-bond acceptors (Lipinski definition) is 1. The van der Waals surface area contributed by atoms with E-state index >= 15 is 0 Å². The van der Waals surface area contributed by atoms with Gasteiger partial charge in [-0.15, -0.1) is 0 Å². The first kappa shape index (κ1) is 12.0. The van der Waals surface area contributed by atoms with Crippen LogP contribution in [-0.2, 0) is 0 Å². The van der Waals surface area contributed by atoms with E-state index < -0.39 is 0 Å². The Labute approximate surface area is 118 Å². The number of nitrogens with one attached hydrogen (secondary N) is 1. The average Bonchev–Trinajstić information content (AvgIpc) is 2.95. The lowest BCUT2D eigenvalue weighted by Gasteiger charge is -2.30. The van der Waals surface area contributed by atoms with Crippen molar-refractivity contribution in [3.05, 3.63) is 33.4 Å². The maximum atomic E-state index is 3.56. The molecule has 0 heterocycles. The van der Waals surface area contributed by atoms with E-state index in [4.69, 9.17) is 0 Å². The van der Waals surface area contributed by atoms with Gasteiger partial charge >= 0.3 is 0 Å². The van der Waals surface area contributed by atoms with E-state index in [0.717, 1.165) is 17.8 Å². The summed E-state index contributed by atoms with van der Waals surface area (Å²) >= 11 is 2.38. The topological polar surface area (TPSA) is 12.0 Å². The Hall–Kier alpha value is -0.0900. The van der Waals surface area contributed by atoms with E-state index in [-0.39, 0.29) is 0 Å². The first-order valence-electron chi connectivity index (χ1n) is 6.70. The van der Waals surface area contributed by atoms with Crippen LogP contribution in [0.4, 0.5) is 0 Å². The van der Waals surface area contributed by atoms with E-state index in [1.807, 2.05) is 0 Å². The van der Waals surface area contributed by atoms with E-state index in [2.05, 4.69) is 59.2 Å². The van der Waals surface area contributed by atoms with Crippen molar-refractivity contribution in [2.24, 2.45) is 17.8 Å². The second-order valence-electron chi connectivity index (χ2n) is 5.66. The molecule has 2 heteroatoms. The van der Waals surface area contributed by atoms with Crippen LogP contribution in [0, 0.1) is 21.3 Å². The third-order valence-corrected chi connectivity index (χ3v) is 5.48. The SMILES string of the molecule is CNC(c1ccc(I)cc1)C1CC2CCC1C2. The van der Waals surface area contributed by atoms with E-state index in [9.17, 15) is 0 Å². The molecule has 0 saturated heterocycles. The van der Waals surface area contributed by atoms with Gasteiger partial charge in [0.15, 0.2) is 0 Å². The number of halogens is 1. The molecule has 4 unspecified atom stereocenters. The third-order valence-electron chi connectivity index (χ3n) is 4.76. The Bertz CT molecular complexity index is 386. The summed E-state index contributed by atoms with van der Waals surface area (Å²) in [5.74, 6) is 2.89. The lowest BCUT2D eigenvalue weighted by atomic mass is 9.80. The molecule has 2 aliphatic rings. The second-order valence-corrected chi connectivity index (χ2v) is 6.90. The highest BCUT2D eigenvalue weighted by Gasteiger charge is 2.42. The van der Waals surface area contributed by atoms with Gasteiger partial charge in [-0.25, -0.2) is 0 Å². The molecule has 0 aliphatic heterocycles. The largest absolute Gasteiger partial charge is 0.313 e. The minimum Gasteiger partial charge on any atom is -0.313 e. The molecule has 0 radical (unpaired) electrons. The predicted octanol–water partition coefficient (Wildman–Crippen LogP) is 3.99. The van der Waals surface area contributed by atoms with Crippen LogP contribution in [0.15, 0.2) is 24.3 Å². The van der Waals surface area contributed by atoms with Gasteiger partial charge in [-0.05, 0) is 84.4 Å². The predicted molar refractivity (Wildman–Crippen MR) is 79.9 cm³/mol. The monoisotopic (exact) mass is 341 g/mol. The Kier molecular flexibility index (Phi) is 3.44. The third kappa shape index (κ3) is 2.26. The summed E-state index contributed by atoms with van der Waals surface area (Å²) in [4.78, 5) is 0. The summed E-state index contributed by atoms with van der Waals surface area (Å²) in [5.41, 5.74) is 1.48. The second kappa shape index (κ2) is 4.88. The molecule has 2 bridgehead atoms. The van der Waals surface area contributed by atoms with Crippen molar-refractivity contribution in [2.45, 2.75) is 31.7 Å². The van der Waals surface area contributed by atoms with Crippen LogP contribution in [-0.4, -0.2) is 7.05 Å². The highest BCUT2D eigenvalue weighted by molar-refractivity contribution is 14.1. The summed E-state index contributed by atoms with van der Waals surface area (Å²) in [6.45, 7) is 0. The van der Waals surface area contributed by atoms with Gasteiger partial charge in [-0.1, -0.05) is 18.6 Å². The molecule has 92 valence electrons. The van der Waals surface area contributed by atoms with Gasteiger partial charge in [0, 0.05) is 9.61 Å². The van der Waals surface area contributed by atoms with Gasteiger partial charge in [-0.3, -0.25) is 0 Å². The Balaban J connectivity index is 1.81. The minimum absolute atomic E-state index is 0.572. The zero-order valence-electron chi connectivity index (χ0n) is 10.3. The van der Waals surface area contributed by atoms with Crippen molar-refractivity contribution < 1.29 is 0 Å². The van der Waals surface area contributed by atoms with Gasteiger partial charge in [-0.2, -0.15) is 0 Å². The minimum atomic E-state index is 0.572. The summed E-state index contributed by atoms with van der Waals surface area (Å²) < 4.78 is 1.33. The zero-order chi connectivity index (χ0) is 11.8. The van der Waals surface area contributed by atoms with Crippen LogP contribution < -0.4 is 5.32 Å². The number of benzene rings is 1. The van der Waals surface area contributed by atoms with E-state index in [0.29, 0.717) is 6.04 Å². The van der Waals surface area contributed by atoms with Crippen molar-refractivity contribution in [3.8, 4) is 0 Å². The van der Waals surface area contributed by atoms with Gasteiger partial charge in [0.2, 0.25) is 0 Å². The molecule has 1 N–H and O–H groups in total. The molecule has 17 heavy (non-hydrogen) atoms. The van der Waals surface area contributed by atoms with E-state index in [1.165, 1.54) is 34.8 Å². The number of rotatable bonds is 3. The van der Waals surface area contributed by atoms with Crippen molar-refractivity contribution in [1.82, 2.24) is 5.32 Å². The summed E-state index contributed by atoms with van der Waals surface area (Å²) in [6, 6.07) is 9.63. The van der Waals surface area contributed by atoms with Crippen LogP contribution in [0.3, 0.4) is 0 Å². The molecule has 1 aromatic rings. The fraction of sp³-hybridized carbons (Fsp3) is 0.600. The fourth-order valence-corrected chi connectivity index (χ4v) is 4.36. The van der Waals surface area contributed by atoms with Crippen LogP contribution in [0.2, 0.25) is 0 Å². The van der Waals surface area contributed by atoms with Gasteiger partial charge in [0.05, 0.1) is 0 Å². The number of hydrogen-bond donors (Lipinski definition) is 1. The van der Waals surface area contributed by atoms with Crippen molar-refractivity contribution in [2.75, 3.05) is 7.05 Å². The first-order chi connectivity index (χ1) is 8.28. The smallest absolute Gasteiger partial charge is 0.0348 e. The van der Waals surface area contributed by atoms with E-state index in [1.54, 1.807) is 0 Å². The van der Waals surface area contributed by atoms with Gasteiger partial charge in [0.25, 0.3) is 0 Å². The Morgan fingerprint density at radius 2 is 1.94 bits per heavy atom.